The van der Waals surface area contributed by atoms with Crippen LogP contribution in [0.2, 0.25) is 0 Å². The van der Waals surface area contributed by atoms with Gasteiger partial charge in [0.05, 0.1) is 18.2 Å². The predicted octanol–water partition coefficient (Wildman–Crippen LogP) is 5.93. The molecule has 6 rings (SSSR count). The van der Waals surface area contributed by atoms with Crippen molar-refractivity contribution in [2.45, 2.75) is 76.7 Å². The third kappa shape index (κ3) is 6.43. The highest BCUT2D eigenvalue weighted by molar-refractivity contribution is 5.76. The topological polar surface area (TPSA) is 95.3 Å². The van der Waals surface area contributed by atoms with E-state index in [-0.39, 0.29) is 30.3 Å². The molecule has 46 heavy (non-hydrogen) atoms. The molecule has 2 atom stereocenters. The molecule has 1 N–H and O–H groups in total. The lowest BCUT2D eigenvalue weighted by Gasteiger charge is -2.53. The van der Waals surface area contributed by atoms with E-state index in [9.17, 15) is 19.5 Å². The Labute approximate surface area is 271 Å². The van der Waals surface area contributed by atoms with Crippen molar-refractivity contribution < 1.29 is 19.4 Å². The van der Waals surface area contributed by atoms with Crippen LogP contribution in [-0.2, 0) is 11.3 Å². The monoisotopic (exact) mass is 626 g/mol. The van der Waals surface area contributed by atoms with Crippen molar-refractivity contribution in [1.82, 2.24) is 19.3 Å². The first kappa shape index (κ1) is 31.9. The second-order valence-corrected chi connectivity index (χ2v) is 14.3. The van der Waals surface area contributed by atoms with Gasteiger partial charge in [0.25, 0.3) is 5.56 Å². The highest BCUT2D eigenvalue weighted by Gasteiger charge is 2.56. The van der Waals surface area contributed by atoms with Crippen molar-refractivity contribution in [2.75, 3.05) is 32.7 Å². The van der Waals surface area contributed by atoms with Gasteiger partial charge >= 0.3 is 12.1 Å². The molecule has 3 aliphatic rings. The first-order valence-corrected chi connectivity index (χ1v) is 16.5. The molecule has 2 aliphatic heterocycles. The van der Waals surface area contributed by atoms with E-state index in [0.29, 0.717) is 39.1 Å². The van der Waals surface area contributed by atoms with Gasteiger partial charge in [0.15, 0.2) is 0 Å². The maximum absolute atomic E-state index is 14.4. The fraction of sp³-hybridized carbons (Fsp3) is 0.486. The Morgan fingerprint density at radius 1 is 0.870 bits per heavy atom. The van der Waals surface area contributed by atoms with Gasteiger partial charge in [-0.1, -0.05) is 73.5 Å². The Bertz CT molecular complexity index is 1600. The predicted molar refractivity (Wildman–Crippen MR) is 177 cm³/mol. The normalized spacial score (nSPS) is 23.0. The zero-order valence-corrected chi connectivity index (χ0v) is 27.2. The highest BCUT2D eigenvalue weighted by atomic mass is 16.6. The van der Waals surface area contributed by atoms with Crippen LogP contribution in [0.3, 0.4) is 0 Å². The molecule has 244 valence electrons. The fourth-order valence-electron chi connectivity index (χ4n) is 7.64. The van der Waals surface area contributed by atoms with Gasteiger partial charge in [-0.25, -0.2) is 9.59 Å². The Hall–Kier alpha value is -4.11. The molecule has 0 bridgehead atoms. The number of carbonyl (C=O) groups is 2. The Morgan fingerprint density at radius 2 is 1.54 bits per heavy atom. The van der Waals surface area contributed by atoms with Crippen molar-refractivity contribution >= 4 is 12.1 Å². The van der Waals surface area contributed by atoms with Gasteiger partial charge in [0.1, 0.15) is 5.60 Å². The van der Waals surface area contributed by atoms with E-state index in [1.165, 1.54) is 0 Å². The number of urea groups is 1. The minimum atomic E-state index is -1.12. The molecule has 3 fully saturated rings. The van der Waals surface area contributed by atoms with E-state index < -0.39 is 16.6 Å². The van der Waals surface area contributed by atoms with Gasteiger partial charge < -0.3 is 29.1 Å². The van der Waals surface area contributed by atoms with E-state index in [1.54, 1.807) is 21.7 Å². The molecular formula is C37H46N4O5. The molecule has 1 saturated carbocycles. The number of benzene rings is 2. The quantitative estimate of drug-likeness (QED) is 0.388. The first-order valence-electron chi connectivity index (χ1n) is 16.5. The number of nitrogens with zero attached hydrogens (tertiary/aromatic N) is 4. The third-order valence-electron chi connectivity index (χ3n) is 10.1. The summed E-state index contributed by atoms with van der Waals surface area (Å²) in [5.41, 5.74) is 0.420. The van der Waals surface area contributed by atoms with Gasteiger partial charge in [-0.05, 0) is 62.8 Å². The van der Waals surface area contributed by atoms with Crippen LogP contribution in [-0.4, -0.2) is 80.4 Å². The second kappa shape index (κ2) is 12.6. The number of likely N-dealkylation sites (tertiary alicyclic amines) is 1. The van der Waals surface area contributed by atoms with Gasteiger partial charge in [0.2, 0.25) is 0 Å². The SMILES string of the molecule is CC(C)(C)OC(=O)N1CCN(C(=O)N2CC[C@@](O)(Cn3ccc(-c4ccccc4)cc3=O)C3(CCCC3)C2)[C@H](c2ccccc2)C1. The van der Waals surface area contributed by atoms with Crippen LogP contribution in [0.25, 0.3) is 11.1 Å². The van der Waals surface area contributed by atoms with Crippen LogP contribution in [0, 0.1) is 5.41 Å². The lowest BCUT2D eigenvalue weighted by molar-refractivity contribution is -0.137. The number of pyridine rings is 1. The molecule has 3 aromatic rings. The molecule has 9 nitrogen and oxygen atoms in total. The van der Waals surface area contributed by atoms with Crippen molar-refractivity contribution in [2.24, 2.45) is 5.41 Å². The molecule has 2 saturated heterocycles. The van der Waals surface area contributed by atoms with E-state index in [4.69, 9.17) is 4.74 Å². The number of piperidine rings is 1. The van der Waals surface area contributed by atoms with Gasteiger partial charge in [-0.2, -0.15) is 0 Å². The number of ether oxygens (including phenoxy) is 1. The minimum Gasteiger partial charge on any atom is -0.444 e. The van der Waals surface area contributed by atoms with Crippen LogP contribution in [0.1, 0.15) is 64.5 Å². The van der Waals surface area contributed by atoms with Gasteiger partial charge in [-0.15, -0.1) is 0 Å². The van der Waals surface area contributed by atoms with Crippen LogP contribution in [0.5, 0.6) is 0 Å². The lowest BCUT2D eigenvalue weighted by atomic mass is 9.66. The molecule has 3 amide bonds. The molecular weight excluding hydrogens is 580 g/mol. The van der Waals surface area contributed by atoms with Crippen LogP contribution < -0.4 is 5.56 Å². The molecule has 2 aromatic carbocycles. The number of aromatic nitrogens is 1. The number of carbonyl (C=O) groups excluding carboxylic acids is 2. The smallest absolute Gasteiger partial charge is 0.410 e. The number of rotatable bonds is 4. The van der Waals surface area contributed by atoms with Crippen molar-refractivity contribution in [3.63, 3.8) is 0 Å². The standard InChI is InChI=1S/C37H46N4O5/c1-35(2,3)46-34(44)38-22-23-41(31(25-38)29-14-8-5-9-15-29)33(43)40-21-19-37(45,36(26-40)17-10-11-18-36)27-39-20-16-30(24-32(39)42)28-12-6-4-7-13-28/h4-9,12-16,20,24,31,45H,10-11,17-19,21-23,25-27H2,1-3H3/t31-,37+/m0/s1. The van der Waals surface area contributed by atoms with Crippen molar-refractivity contribution in [1.29, 1.82) is 0 Å². The Morgan fingerprint density at radius 3 is 2.20 bits per heavy atom. The number of piperazine rings is 1. The van der Waals surface area contributed by atoms with E-state index in [2.05, 4.69) is 0 Å². The average molecular weight is 627 g/mol. The number of amides is 3. The van der Waals surface area contributed by atoms with Crippen LogP contribution in [0.4, 0.5) is 9.59 Å². The highest BCUT2D eigenvalue weighted by Crippen LogP contribution is 2.52. The summed E-state index contributed by atoms with van der Waals surface area (Å²) in [5, 5.41) is 12.3. The molecule has 0 unspecified atom stereocenters. The van der Waals surface area contributed by atoms with E-state index >= 15 is 0 Å². The zero-order valence-electron chi connectivity index (χ0n) is 27.2. The number of hydrogen-bond donors (Lipinski definition) is 1. The number of aliphatic hydroxyl groups is 1. The Balaban J connectivity index is 1.21. The Kier molecular flexibility index (Phi) is 8.72. The van der Waals surface area contributed by atoms with Crippen LogP contribution in [0.15, 0.2) is 83.8 Å². The summed E-state index contributed by atoms with van der Waals surface area (Å²) >= 11 is 0. The van der Waals surface area contributed by atoms with Gasteiger partial charge in [-0.3, -0.25) is 4.79 Å². The summed E-state index contributed by atoms with van der Waals surface area (Å²) in [6, 6.07) is 22.8. The summed E-state index contributed by atoms with van der Waals surface area (Å²) in [6.07, 6.45) is 5.37. The second-order valence-electron chi connectivity index (χ2n) is 14.3. The van der Waals surface area contributed by atoms with E-state index in [0.717, 1.165) is 42.4 Å². The lowest BCUT2D eigenvalue weighted by Crippen LogP contribution is -2.64. The first-order chi connectivity index (χ1) is 22.0. The van der Waals surface area contributed by atoms with Gasteiger partial charge in [0, 0.05) is 50.4 Å². The summed E-state index contributed by atoms with van der Waals surface area (Å²) in [7, 11) is 0. The fourth-order valence-corrected chi connectivity index (χ4v) is 7.64. The summed E-state index contributed by atoms with van der Waals surface area (Å²) in [5.74, 6) is 0. The maximum atomic E-state index is 14.4. The maximum Gasteiger partial charge on any atom is 0.410 e. The summed E-state index contributed by atoms with van der Waals surface area (Å²) in [4.78, 5) is 46.1. The third-order valence-corrected chi connectivity index (χ3v) is 10.1. The van der Waals surface area contributed by atoms with Crippen LogP contribution >= 0.6 is 0 Å². The van der Waals surface area contributed by atoms with Crippen molar-refractivity contribution in [3.8, 4) is 11.1 Å². The molecule has 1 aliphatic carbocycles. The molecule has 9 heteroatoms. The van der Waals surface area contributed by atoms with Crippen molar-refractivity contribution in [3.05, 3.63) is 94.9 Å². The summed E-state index contributed by atoms with van der Waals surface area (Å²) in [6.45, 7) is 7.70. The average Bonchev–Trinajstić information content (AvgIpc) is 3.53. The summed E-state index contributed by atoms with van der Waals surface area (Å²) < 4.78 is 7.30. The molecule has 1 spiro atoms. The molecule has 3 heterocycles. The van der Waals surface area contributed by atoms with E-state index in [1.807, 2.05) is 97.3 Å². The minimum absolute atomic E-state index is 0.0737. The molecule has 0 radical (unpaired) electrons. The number of hydrogen-bond acceptors (Lipinski definition) is 5. The molecule has 1 aromatic heterocycles. The zero-order chi connectivity index (χ0) is 32.5. The largest absolute Gasteiger partial charge is 0.444 e.